The summed E-state index contributed by atoms with van der Waals surface area (Å²) in [6, 6.07) is 0.380. The summed E-state index contributed by atoms with van der Waals surface area (Å²) in [6.45, 7) is 12.8. The third-order valence-electron chi connectivity index (χ3n) is 4.02. The quantitative estimate of drug-likeness (QED) is 0.783. The zero-order valence-electron chi connectivity index (χ0n) is 12.3. The zero-order valence-corrected chi connectivity index (χ0v) is 12.3. The molecular formula is C15H29NO. The highest BCUT2D eigenvalue weighted by Gasteiger charge is 2.33. The first-order valence-electron chi connectivity index (χ1n) is 7.02. The highest BCUT2D eigenvalue weighted by Crippen LogP contribution is 2.33. The van der Waals surface area contributed by atoms with Crippen LogP contribution in [0.1, 0.15) is 60.8 Å². The van der Waals surface area contributed by atoms with Crippen molar-refractivity contribution in [2.45, 2.75) is 66.8 Å². The van der Waals surface area contributed by atoms with Gasteiger partial charge in [0.05, 0.1) is 0 Å². The average molecular weight is 239 g/mol. The van der Waals surface area contributed by atoms with Crippen LogP contribution >= 0.6 is 0 Å². The van der Waals surface area contributed by atoms with E-state index >= 15 is 0 Å². The van der Waals surface area contributed by atoms with Crippen LogP contribution in [-0.2, 0) is 4.79 Å². The molecule has 0 aromatic heterocycles. The van der Waals surface area contributed by atoms with E-state index in [9.17, 15) is 4.79 Å². The second-order valence-corrected chi connectivity index (χ2v) is 7.16. The predicted molar refractivity (Wildman–Crippen MR) is 72.7 cm³/mol. The molecule has 1 saturated carbocycles. The standard InChI is InChI=1S/C15H29NO/c1-10(2)12-8-7-11(3)9-13(12)16-14(17)15(4,5)6/h10-13H,7-9H2,1-6H3,(H,16,17). The molecule has 2 heteroatoms. The summed E-state index contributed by atoms with van der Waals surface area (Å²) in [5, 5.41) is 3.28. The number of carbonyl (C=O) groups excluding carboxylic acids is 1. The molecule has 1 amide bonds. The molecule has 1 aliphatic rings. The molecule has 3 atom stereocenters. The third-order valence-corrected chi connectivity index (χ3v) is 4.02. The minimum absolute atomic E-state index is 0.197. The fourth-order valence-corrected chi connectivity index (χ4v) is 2.75. The van der Waals surface area contributed by atoms with Crippen molar-refractivity contribution in [2.75, 3.05) is 0 Å². The molecule has 1 N–H and O–H groups in total. The van der Waals surface area contributed by atoms with Gasteiger partial charge < -0.3 is 5.32 Å². The Morgan fingerprint density at radius 2 is 1.82 bits per heavy atom. The van der Waals surface area contributed by atoms with E-state index in [4.69, 9.17) is 0 Å². The molecule has 0 radical (unpaired) electrons. The van der Waals surface area contributed by atoms with Crippen molar-refractivity contribution in [3.63, 3.8) is 0 Å². The minimum Gasteiger partial charge on any atom is -0.353 e. The summed E-state index contributed by atoms with van der Waals surface area (Å²) < 4.78 is 0. The van der Waals surface area contributed by atoms with Gasteiger partial charge in [0.1, 0.15) is 0 Å². The summed E-state index contributed by atoms with van der Waals surface area (Å²) in [4.78, 5) is 12.1. The number of amides is 1. The largest absolute Gasteiger partial charge is 0.353 e. The van der Waals surface area contributed by atoms with Gasteiger partial charge in [-0.25, -0.2) is 0 Å². The van der Waals surface area contributed by atoms with Crippen LogP contribution in [-0.4, -0.2) is 11.9 Å². The van der Waals surface area contributed by atoms with Crippen LogP contribution in [0.3, 0.4) is 0 Å². The number of carbonyl (C=O) groups is 1. The molecule has 2 nitrogen and oxygen atoms in total. The van der Waals surface area contributed by atoms with Gasteiger partial charge in [-0.1, -0.05) is 48.0 Å². The van der Waals surface area contributed by atoms with Gasteiger partial charge >= 0.3 is 0 Å². The van der Waals surface area contributed by atoms with Gasteiger partial charge in [0.2, 0.25) is 5.91 Å². The Morgan fingerprint density at radius 3 is 2.29 bits per heavy atom. The number of nitrogens with one attached hydrogen (secondary N) is 1. The highest BCUT2D eigenvalue weighted by molar-refractivity contribution is 5.81. The van der Waals surface area contributed by atoms with Crippen molar-refractivity contribution >= 4 is 5.91 Å². The van der Waals surface area contributed by atoms with Crippen LogP contribution in [0.15, 0.2) is 0 Å². The van der Waals surface area contributed by atoms with Crippen molar-refractivity contribution in [3.8, 4) is 0 Å². The first-order chi connectivity index (χ1) is 7.71. The molecule has 1 fully saturated rings. The zero-order chi connectivity index (χ0) is 13.2. The van der Waals surface area contributed by atoms with Gasteiger partial charge in [0, 0.05) is 11.5 Å². The second kappa shape index (κ2) is 5.41. The Morgan fingerprint density at radius 1 is 1.24 bits per heavy atom. The summed E-state index contributed by atoms with van der Waals surface area (Å²) in [5.41, 5.74) is -0.276. The molecule has 100 valence electrons. The molecule has 0 aromatic rings. The Kier molecular flexibility index (Phi) is 4.62. The number of hydrogen-bond acceptors (Lipinski definition) is 1. The van der Waals surface area contributed by atoms with E-state index in [1.807, 2.05) is 20.8 Å². The lowest BCUT2D eigenvalue weighted by Gasteiger charge is -2.39. The van der Waals surface area contributed by atoms with E-state index < -0.39 is 0 Å². The van der Waals surface area contributed by atoms with Crippen LogP contribution in [0.5, 0.6) is 0 Å². The lowest BCUT2D eigenvalue weighted by Crippen LogP contribution is -2.49. The molecule has 0 aromatic carbocycles. The topological polar surface area (TPSA) is 29.1 Å². The Balaban J connectivity index is 2.67. The predicted octanol–water partition coefficient (Wildman–Crippen LogP) is 3.61. The Hall–Kier alpha value is -0.530. The average Bonchev–Trinajstić information content (AvgIpc) is 2.15. The maximum atomic E-state index is 12.1. The summed E-state index contributed by atoms with van der Waals surface area (Å²) in [6.07, 6.45) is 3.71. The van der Waals surface area contributed by atoms with Crippen LogP contribution in [0.25, 0.3) is 0 Å². The number of hydrogen-bond donors (Lipinski definition) is 1. The number of rotatable bonds is 2. The Bertz CT molecular complexity index is 265. The molecule has 3 unspecified atom stereocenters. The van der Waals surface area contributed by atoms with Gasteiger partial charge in [-0.05, 0) is 30.6 Å². The van der Waals surface area contributed by atoms with E-state index in [0.29, 0.717) is 17.9 Å². The summed E-state index contributed by atoms with van der Waals surface area (Å²) >= 11 is 0. The fourth-order valence-electron chi connectivity index (χ4n) is 2.75. The van der Waals surface area contributed by atoms with Gasteiger partial charge in [0.25, 0.3) is 0 Å². The maximum absolute atomic E-state index is 12.1. The van der Waals surface area contributed by atoms with E-state index in [2.05, 4.69) is 26.1 Å². The molecule has 1 aliphatic carbocycles. The lowest BCUT2D eigenvalue weighted by atomic mass is 9.73. The van der Waals surface area contributed by atoms with Crippen LogP contribution in [0.2, 0.25) is 0 Å². The second-order valence-electron chi connectivity index (χ2n) is 7.16. The van der Waals surface area contributed by atoms with E-state index in [1.54, 1.807) is 0 Å². The van der Waals surface area contributed by atoms with Crippen molar-refractivity contribution < 1.29 is 4.79 Å². The molecule has 0 aliphatic heterocycles. The SMILES string of the molecule is CC1CCC(C(C)C)C(NC(=O)C(C)(C)C)C1. The van der Waals surface area contributed by atoms with Crippen LogP contribution in [0.4, 0.5) is 0 Å². The molecule has 17 heavy (non-hydrogen) atoms. The minimum atomic E-state index is -0.276. The van der Waals surface area contributed by atoms with E-state index in [0.717, 1.165) is 12.3 Å². The molecule has 1 rings (SSSR count). The van der Waals surface area contributed by atoms with Gasteiger partial charge in [0.15, 0.2) is 0 Å². The van der Waals surface area contributed by atoms with Crippen LogP contribution in [0, 0.1) is 23.2 Å². The van der Waals surface area contributed by atoms with Crippen LogP contribution < -0.4 is 5.32 Å². The van der Waals surface area contributed by atoms with Crippen molar-refractivity contribution in [1.82, 2.24) is 5.32 Å². The van der Waals surface area contributed by atoms with E-state index in [-0.39, 0.29) is 11.3 Å². The highest BCUT2D eigenvalue weighted by atomic mass is 16.2. The fraction of sp³-hybridized carbons (Fsp3) is 0.933. The van der Waals surface area contributed by atoms with Crippen molar-refractivity contribution in [2.24, 2.45) is 23.2 Å². The monoisotopic (exact) mass is 239 g/mol. The molecule has 0 saturated heterocycles. The summed E-state index contributed by atoms with van der Waals surface area (Å²) in [7, 11) is 0. The van der Waals surface area contributed by atoms with Gasteiger partial charge in [-0.3, -0.25) is 4.79 Å². The molecule has 0 heterocycles. The Labute approximate surface area is 107 Å². The maximum Gasteiger partial charge on any atom is 0.225 e. The third kappa shape index (κ3) is 4.01. The molecule has 0 spiro atoms. The molecule has 0 bridgehead atoms. The summed E-state index contributed by atoms with van der Waals surface area (Å²) in [5.74, 6) is 2.25. The normalized spacial score (nSPS) is 30.4. The smallest absolute Gasteiger partial charge is 0.225 e. The first kappa shape index (κ1) is 14.5. The lowest BCUT2D eigenvalue weighted by molar-refractivity contribution is -0.130. The van der Waals surface area contributed by atoms with Gasteiger partial charge in [-0.15, -0.1) is 0 Å². The first-order valence-corrected chi connectivity index (χ1v) is 7.02. The van der Waals surface area contributed by atoms with E-state index in [1.165, 1.54) is 12.8 Å². The van der Waals surface area contributed by atoms with Crippen molar-refractivity contribution in [1.29, 1.82) is 0 Å². The van der Waals surface area contributed by atoms with Gasteiger partial charge in [-0.2, -0.15) is 0 Å². The molecular weight excluding hydrogens is 210 g/mol. The van der Waals surface area contributed by atoms with Crippen molar-refractivity contribution in [3.05, 3.63) is 0 Å².